The Morgan fingerprint density at radius 3 is 2.67 bits per heavy atom. The molecule has 1 fully saturated rings. The monoisotopic (exact) mass is 451 g/mol. The first kappa shape index (κ1) is 23.8. The summed E-state index contributed by atoms with van der Waals surface area (Å²) >= 11 is 0. The van der Waals surface area contributed by atoms with Gasteiger partial charge in [-0.3, -0.25) is 10.1 Å². The Morgan fingerprint density at radius 2 is 2.00 bits per heavy atom. The molecule has 9 nitrogen and oxygen atoms in total. The average Bonchev–Trinajstić information content (AvgIpc) is 3.26. The zero-order valence-corrected chi connectivity index (χ0v) is 18.6. The van der Waals surface area contributed by atoms with Gasteiger partial charge in [0, 0.05) is 42.9 Å². The van der Waals surface area contributed by atoms with Gasteiger partial charge in [-0.05, 0) is 67.7 Å². The van der Waals surface area contributed by atoms with E-state index in [1.165, 1.54) is 12.1 Å². The van der Waals surface area contributed by atoms with Crippen molar-refractivity contribution < 1.29 is 14.5 Å². The molecule has 174 valence electrons. The molecule has 2 atom stereocenters. The Bertz CT molecular complexity index is 1050. The quantitative estimate of drug-likeness (QED) is 0.163. The number of aryl methyl sites for hydroxylation is 1. The fourth-order valence-electron chi connectivity index (χ4n) is 3.97. The maximum Gasteiger partial charge on any atom is 0.269 e. The molecule has 33 heavy (non-hydrogen) atoms. The second-order valence-corrected chi connectivity index (χ2v) is 7.98. The van der Waals surface area contributed by atoms with Crippen LogP contribution in [0.1, 0.15) is 31.2 Å². The number of ether oxygens (including phenoxy) is 1. The number of amidine groups is 1. The number of carbonyl (C=O) groups excluding carboxylic acids is 1. The van der Waals surface area contributed by atoms with Crippen LogP contribution in [0.2, 0.25) is 0 Å². The lowest BCUT2D eigenvalue weighted by atomic mass is 10.0. The van der Waals surface area contributed by atoms with Gasteiger partial charge in [0.2, 0.25) is 0 Å². The van der Waals surface area contributed by atoms with Crippen LogP contribution in [-0.4, -0.2) is 30.2 Å². The number of nitrogens with one attached hydrogen (secondary N) is 1. The van der Waals surface area contributed by atoms with Crippen molar-refractivity contribution in [1.29, 1.82) is 0 Å². The lowest BCUT2D eigenvalue weighted by molar-refractivity contribution is -0.384. The van der Waals surface area contributed by atoms with Gasteiger partial charge in [-0.15, -0.1) is 0 Å². The van der Waals surface area contributed by atoms with Crippen LogP contribution in [0.5, 0.6) is 5.75 Å². The second kappa shape index (κ2) is 11.1. The molecule has 1 saturated carbocycles. The Labute approximate surface area is 192 Å². The molecule has 0 spiro atoms. The molecule has 2 aromatic rings. The van der Waals surface area contributed by atoms with Gasteiger partial charge in [0.1, 0.15) is 17.9 Å². The maximum absolute atomic E-state index is 10.8. The van der Waals surface area contributed by atoms with Gasteiger partial charge in [-0.2, -0.15) is 0 Å². The number of nitro groups is 1. The number of aldehydes is 1. The van der Waals surface area contributed by atoms with Crippen LogP contribution in [-0.2, 0) is 11.2 Å². The first-order chi connectivity index (χ1) is 15.9. The number of benzene rings is 2. The van der Waals surface area contributed by atoms with E-state index in [9.17, 15) is 14.9 Å². The highest BCUT2D eigenvalue weighted by Gasteiger charge is 2.28. The van der Waals surface area contributed by atoms with Crippen LogP contribution in [0.3, 0.4) is 0 Å². The van der Waals surface area contributed by atoms with E-state index in [1.807, 2.05) is 25.2 Å². The Kier molecular flexibility index (Phi) is 8.01. The highest BCUT2D eigenvalue weighted by molar-refractivity contribution is 5.94. The molecule has 0 aliphatic heterocycles. The maximum atomic E-state index is 10.8. The minimum atomic E-state index is -0.437. The lowest BCUT2D eigenvalue weighted by Gasteiger charge is -2.14. The van der Waals surface area contributed by atoms with Crippen molar-refractivity contribution in [3.63, 3.8) is 0 Å². The van der Waals surface area contributed by atoms with E-state index in [4.69, 9.17) is 16.2 Å². The number of allylic oxidation sites excluding steroid dienone is 1. The molecule has 1 aliphatic carbocycles. The summed E-state index contributed by atoms with van der Waals surface area (Å²) in [7, 11) is 1.83. The van der Waals surface area contributed by atoms with Crippen molar-refractivity contribution in [3.8, 4) is 5.75 Å². The minimum absolute atomic E-state index is 0.0176. The number of anilines is 1. The molecule has 2 aromatic carbocycles. The molecular weight excluding hydrogens is 422 g/mol. The largest absolute Gasteiger partial charge is 0.490 e. The van der Waals surface area contributed by atoms with E-state index in [2.05, 4.69) is 10.3 Å². The number of rotatable bonds is 10. The average molecular weight is 452 g/mol. The van der Waals surface area contributed by atoms with Gasteiger partial charge >= 0.3 is 0 Å². The zero-order chi connectivity index (χ0) is 23.8. The van der Waals surface area contributed by atoms with Gasteiger partial charge in [-0.25, -0.2) is 4.99 Å². The van der Waals surface area contributed by atoms with E-state index >= 15 is 0 Å². The lowest BCUT2D eigenvalue weighted by Crippen LogP contribution is -2.17. The number of nitro benzene ring substituents is 1. The second-order valence-electron chi connectivity index (χ2n) is 7.98. The van der Waals surface area contributed by atoms with Crippen molar-refractivity contribution in [2.24, 2.45) is 22.4 Å². The van der Waals surface area contributed by atoms with Crippen LogP contribution in [0, 0.1) is 16.0 Å². The number of carbonyl (C=O) groups is 1. The topological polar surface area (TPSA) is 146 Å². The number of non-ortho nitro benzene ring substituents is 1. The molecule has 2 unspecified atom stereocenters. The number of nitrogens with two attached hydrogens (primary N) is 2. The van der Waals surface area contributed by atoms with Crippen molar-refractivity contribution in [1.82, 2.24) is 0 Å². The van der Waals surface area contributed by atoms with Gasteiger partial charge in [-0.1, -0.05) is 0 Å². The predicted octanol–water partition coefficient (Wildman–Crippen LogP) is 3.85. The van der Waals surface area contributed by atoms with E-state index in [0.717, 1.165) is 36.8 Å². The van der Waals surface area contributed by atoms with E-state index < -0.39 is 4.92 Å². The molecule has 0 bridgehead atoms. The number of hydrogen-bond acceptors (Lipinski definition) is 7. The summed E-state index contributed by atoms with van der Waals surface area (Å²) in [6.07, 6.45) is 6.06. The Hall–Kier alpha value is -3.88. The van der Waals surface area contributed by atoms with E-state index in [0.29, 0.717) is 35.8 Å². The number of aliphatic imine (C=N–C) groups is 1. The van der Waals surface area contributed by atoms with Crippen LogP contribution >= 0.6 is 0 Å². The smallest absolute Gasteiger partial charge is 0.269 e. The predicted molar refractivity (Wildman–Crippen MR) is 129 cm³/mol. The van der Waals surface area contributed by atoms with Crippen molar-refractivity contribution in [2.45, 2.75) is 38.2 Å². The zero-order valence-electron chi connectivity index (χ0n) is 18.6. The van der Waals surface area contributed by atoms with Crippen LogP contribution in [0.25, 0.3) is 0 Å². The SMILES string of the molecule is CNc1ccc(N=C(N)/C=C(\N)C2CCC(Oc3ccc([N+](=O)[O-])cc3)C2)cc1CCC=O. The number of nitrogens with zero attached hydrogens (tertiary/aromatic N) is 2. The summed E-state index contributed by atoms with van der Waals surface area (Å²) in [5.74, 6) is 1.03. The third kappa shape index (κ3) is 6.55. The normalized spacial score (nSPS) is 18.7. The van der Waals surface area contributed by atoms with Crippen molar-refractivity contribution in [3.05, 3.63) is 69.9 Å². The Balaban J connectivity index is 1.62. The van der Waals surface area contributed by atoms with Crippen molar-refractivity contribution >= 4 is 29.2 Å². The van der Waals surface area contributed by atoms with Gasteiger partial charge in [0.15, 0.2) is 0 Å². The fourth-order valence-corrected chi connectivity index (χ4v) is 3.97. The summed E-state index contributed by atoms with van der Waals surface area (Å²) in [6, 6.07) is 11.8. The first-order valence-corrected chi connectivity index (χ1v) is 10.9. The third-order valence-corrected chi connectivity index (χ3v) is 5.67. The summed E-state index contributed by atoms with van der Waals surface area (Å²) < 4.78 is 5.96. The van der Waals surface area contributed by atoms with Crippen molar-refractivity contribution in [2.75, 3.05) is 12.4 Å². The number of hydrogen-bond donors (Lipinski definition) is 3. The van der Waals surface area contributed by atoms with Crippen LogP contribution < -0.4 is 21.5 Å². The summed E-state index contributed by atoms with van der Waals surface area (Å²) in [4.78, 5) is 25.5. The van der Waals surface area contributed by atoms with E-state index in [1.54, 1.807) is 18.2 Å². The molecule has 0 saturated heterocycles. The summed E-state index contributed by atoms with van der Waals surface area (Å²) in [6.45, 7) is 0. The van der Waals surface area contributed by atoms with E-state index in [-0.39, 0.29) is 17.7 Å². The molecule has 0 radical (unpaired) electrons. The molecule has 0 heterocycles. The van der Waals surface area contributed by atoms with Crippen LogP contribution in [0.15, 0.2) is 59.2 Å². The van der Waals surface area contributed by atoms with Gasteiger partial charge in [0.05, 0.1) is 16.7 Å². The molecule has 5 N–H and O–H groups in total. The molecular formula is C24H29N5O4. The fraction of sp³-hybridized carbons (Fsp3) is 0.333. The van der Waals surface area contributed by atoms with Gasteiger partial charge in [0.25, 0.3) is 5.69 Å². The van der Waals surface area contributed by atoms with Gasteiger partial charge < -0.3 is 26.3 Å². The molecule has 0 aromatic heterocycles. The minimum Gasteiger partial charge on any atom is -0.490 e. The molecule has 3 rings (SSSR count). The highest BCUT2D eigenvalue weighted by Crippen LogP contribution is 2.33. The first-order valence-electron chi connectivity index (χ1n) is 10.9. The molecule has 9 heteroatoms. The highest BCUT2D eigenvalue weighted by atomic mass is 16.6. The standard InChI is InChI=1S/C24H29N5O4/c1-27-23-11-5-18(13-17(23)3-2-12-30)28-24(26)15-22(25)16-4-8-21(14-16)33-20-9-6-19(7-10-20)29(31)32/h5-7,9-13,15-16,21,27H,2-4,8,14,25H2,1H3,(H2,26,28)/b22-15-. The summed E-state index contributed by atoms with van der Waals surface area (Å²) in [5.41, 5.74) is 15.8. The third-order valence-electron chi connectivity index (χ3n) is 5.67. The molecule has 0 amide bonds. The molecule has 1 aliphatic rings. The summed E-state index contributed by atoms with van der Waals surface area (Å²) in [5, 5.41) is 13.9. The Morgan fingerprint density at radius 1 is 1.24 bits per heavy atom. The van der Waals surface area contributed by atoms with Crippen LogP contribution in [0.4, 0.5) is 17.1 Å².